The van der Waals surface area contributed by atoms with Gasteiger partial charge in [0.2, 0.25) is 0 Å². The highest BCUT2D eigenvalue weighted by Crippen LogP contribution is 2.30. The highest BCUT2D eigenvalue weighted by Gasteiger charge is 2.37. The Morgan fingerprint density at radius 1 is 0.933 bits per heavy atom. The monoisotopic (exact) mass is 449 g/mol. The van der Waals surface area contributed by atoms with E-state index in [0.29, 0.717) is 12.1 Å². The van der Waals surface area contributed by atoms with Crippen molar-refractivity contribution in [3.63, 3.8) is 0 Å². The van der Waals surface area contributed by atoms with E-state index >= 15 is 0 Å². The molecule has 1 amide bonds. The fourth-order valence-corrected chi connectivity index (χ4v) is 4.18. The fourth-order valence-electron chi connectivity index (χ4n) is 4.18. The molecule has 2 aromatic rings. The maximum absolute atomic E-state index is 12.5. The molecule has 1 fully saturated rings. The van der Waals surface area contributed by atoms with Crippen LogP contribution in [0.2, 0.25) is 0 Å². The number of Topliss-reactive ketones (excluding diaryl/α,β-unsaturated/α-hetero) is 1. The molecule has 30 heavy (non-hydrogen) atoms. The molecule has 0 N–H and O–H groups in total. The first-order valence-corrected chi connectivity index (χ1v) is 10.00. The molecular weight excluding hydrogens is 421 g/mol. The third-order valence-corrected chi connectivity index (χ3v) is 5.85. The van der Waals surface area contributed by atoms with E-state index in [0.717, 1.165) is 44.0 Å². The normalized spacial score (nSPS) is 17.9. The zero-order valence-electron chi connectivity index (χ0n) is 17.4. The van der Waals surface area contributed by atoms with Crippen molar-refractivity contribution >= 4 is 42.2 Å². The van der Waals surface area contributed by atoms with Crippen LogP contribution in [0, 0.1) is 6.92 Å². The zero-order valence-corrected chi connectivity index (χ0v) is 19.0. The molecule has 0 spiro atoms. The smallest absolute Gasteiger partial charge is 0.299 e. The Kier molecular flexibility index (Phi) is 8.44. The van der Waals surface area contributed by atoms with Gasteiger partial charge in [0.15, 0.2) is 0 Å². The summed E-state index contributed by atoms with van der Waals surface area (Å²) < 4.78 is 0. The third kappa shape index (κ3) is 5.03. The Hall–Kier alpha value is -1.92. The number of aryl methyl sites for hydroxylation is 1. The van der Waals surface area contributed by atoms with Gasteiger partial charge >= 0.3 is 0 Å². The number of hydrogen-bond donors (Lipinski definition) is 0. The number of anilines is 1. The van der Waals surface area contributed by atoms with Crippen LogP contribution in [0.4, 0.5) is 5.69 Å². The summed E-state index contributed by atoms with van der Waals surface area (Å²) in [6.45, 7) is 9.61. The summed E-state index contributed by atoms with van der Waals surface area (Å²) in [6.07, 6.45) is 0. The summed E-state index contributed by atoms with van der Waals surface area (Å²) in [5.41, 5.74) is 3.65. The largest absolute Gasteiger partial charge is 0.303 e. The van der Waals surface area contributed by atoms with Crippen LogP contribution in [0.5, 0.6) is 0 Å². The van der Waals surface area contributed by atoms with E-state index in [-0.39, 0.29) is 36.6 Å². The van der Waals surface area contributed by atoms with Gasteiger partial charge in [0.05, 0.1) is 11.3 Å². The van der Waals surface area contributed by atoms with Gasteiger partial charge in [0.25, 0.3) is 11.7 Å². The van der Waals surface area contributed by atoms with Crippen molar-refractivity contribution in [1.82, 2.24) is 9.80 Å². The number of carbonyl (C=O) groups excluding carboxylic acids is 2. The maximum Gasteiger partial charge on any atom is 0.299 e. The van der Waals surface area contributed by atoms with E-state index in [2.05, 4.69) is 41.0 Å². The minimum Gasteiger partial charge on any atom is -0.303 e. The number of benzene rings is 2. The molecule has 7 heteroatoms. The van der Waals surface area contributed by atoms with E-state index in [4.69, 9.17) is 0 Å². The zero-order chi connectivity index (χ0) is 19.7. The van der Waals surface area contributed by atoms with Crippen LogP contribution in [0.3, 0.4) is 0 Å². The molecule has 0 saturated carbocycles. The highest BCUT2D eigenvalue weighted by molar-refractivity contribution is 6.52. The fraction of sp³-hybridized carbons (Fsp3) is 0.391. The lowest BCUT2D eigenvalue weighted by Gasteiger charge is -2.39. The van der Waals surface area contributed by atoms with Gasteiger partial charge in [-0.2, -0.15) is 0 Å². The molecule has 0 aromatic heterocycles. The number of fused-ring (bicyclic) bond motifs is 1. The number of amides is 1. The molecule has 0 radical (unpaired) electrons. The number of hydrogen-bond acceptors (Lipinski definition) is 4. The Morgan fingerprint density at radius 3 is 2.27 bits per heavy atom. The average Bonchev–Trinajstić information content (AvgIpc) is 2.94. The summed E-state index contributed by atoms with van der Waals surface area (Å²) >= 11 is 0. The van der Waals surface area contributed by atoms with Crippen LogP contribution in [0.15, 0.2) is 48.5 Å². The first-order valence-electron chi connectivity index (χ1n) is 10.00. The van der Waals surface area contributed by atoms with E-state index in [1.165, 1.54) is 5.56 Å². The number of rotatable bonds is 5. The van der Waals surface area contributed by atoms with Crippen molar-refractivity contribution in [3.05, 3.63) is 65.2 Å². The summed E-state index contributed by atoms with van der Waals surface area (Å²) in [7, 11) is 0. The van der Waals surface area contributed by atoms with Gasteiger partial charge < -0.3 is 4.90 Å². The Bertz CT molecular complexity index is 883. The molecule has 1 saturated heterocycles. The lowest BCUT2D eigenvalue weighted by atomic mass is 10.1. The molecule has 1 atom stereocenters. The van der Waals surface area contributed by atoms with E-state index < -0.39 is 5.91 Å². The standard InChI is InChI=1S/C23H27N3O2.2ClH/c1-17-8-9-21-20(14-17)22(27)23(28)26(21)15-18(2)25-12-10-24(11-13-25)16-19-6-4-3-5-7-19;;/h3-9,14,18H,10-13,15-16H2,1-2H3;2*1H. The Labute approximate surface area is 190 Å². The Morgan fingerprint density at radius 2 is 1.60 bits per heavy atom. The minimum absolute atomic E-state index is 0. The van der Waals surface area contributed by atoms with Gasteiger partial charge in [0.1, 0.15) is 0 Å². The van der Waals surface area contributed by atoms with Crippen LogP contribution in [-0.2, 0) is 11.3 Å². The highest BCUT2D eigenvalue weighted by atomic mass is 35.5. The van der Waals surface area contributed by atoms with Gasteiger partial charge in [-0.1, -0.05) is 42.0 Å². The van der Waals surface area contributed by atoms with Crippen molar-refractivity contribution in [3.8, 4) is 0 Å². The van der Waals surface area contributed by atoms with Gasteiger partial charge in [-0.15, -0.1) is 24.8 Å². The van der Waals surface area contributed by atoms with Gasteiger partial charge in [-0.3, -0.25) is 19.4 Å². The Balaban J connectivity index is 0.00000160. The van der Waals surface area contributed by atoms with Crippen molar-refractivity contribution in [2.45, 2.75) is 26.4 Å². The number of carbonyl (C=O) groups is 2. The van der Waals surface area contributed by atoms with Crippen LogP contribution in [-0.4, -0.2) is 60.3 Å². The molecule has 0 bridgehead atoms. The van der Waals surface area contributed by atoms with Crippen molar-refractivity contribution in [2.75, 3.05) is 37.6 Å². The van der Waals surface area contributed by atoms with Gasteiger partial charge in [0, 0.05) is 45.3 Å². The SMILES string of the molecule is Cc1ccc2c(c1)C(=O)C(=O)N2CC(C)N1CCN(Cc2ccccc2)CC1.Cl.Cl. The van der Waals surface area contributed by atoms with Crippen molar-refractivity contribution < 1.29 is 9.59 Å². The molecule has 0 aliphatic carbocycles. The minimum atomic E-state index is -0.393. The van der Waals surface area contributed by atoms with Crippen molar-refractivity contribution in [1.29, 1.82) is 0 Å². The number of ketones is 1. The molecule has 4 rings (SSSR count). The predicted octanol–water partition coefficient (Wildman–Crippen LogP) is 3.57. The molecule has 2 aromatic carbocycles. The molecule has 1 unspecified atom stereocenters. The molecule has 5 nitrogen and oxygen atoms in total. The summed E-state index contributed by atoms with van der Waals surface area (Å²) in [5, 5.41) is 0. The first-order chi connectivity index (χ1) is 13.5. The summed E-state index contributed by atoms with van der Waals surface area (Å²) in [6, 6.07) is 16.5. The second-order valence-electron chi connectivity index (χ2n) is 7.91. The van der Waals surface area contributed by atoms with Gasteiger partial charge in [-0.05, 0) is 31.5 Å². The summed E-state index contributed by atoms with van der Waals surface area (Å²) in [5.74, 6) is -0.770. The van der Waals surface area contributed by atoms with E-state index in [1.807, 2.05) is 31.2 Å². The second-order valence-corrected chi connectivity index (χ2v) is 7.91. The predicted molar refractivity (Wildman–Crippen MR) is 125 cm³/mol. The number of nitrogens with zero attached hydrogens (tertiary/aromatic N) is 3. The molecule has 162 valence electrons. The number of halogens is 2. The van der Waals surface area contributed by atoms with Crippen LogP contribution in [0.25, 0.3) is 0 Å². The summed E-state index contributed by atoms with van der Waals surface area (Å²) in [4.78, 5) is 31.4. The van der Waals surface area contributed by atoms with Crippen molar-refractivity contribution in [2.24, 2.45) is 0 Å². The topological polar surface area (TPSA) is 43.9 Å². The molecule has 2 aliphatic rings. The number of piperazine rings is 1. The average molecular weight is 450 g/mol. The van der Waals surface area contributed by atoms with E-state index in [1.54, 1.807) is 4.90 Å². The molecular formula is C23H29Cl2N3O2. The lowest BCUT2D eigenvalue weighted by molar-refractivity contribution is -0.114. The first kappa shape index (κ1) is 24.4. The van der Waals surface area contributed by atoms with Crippen LogP contribution in [0.1, 0.15) is 28.4 Å². The molecule has 2 aliphatic heterocycles. The quantitative estimate of drug-likeness (QED) is 0.654. The van der Waals surface area contributed by atoms with Crippen LogP contribution >= 0.6 is 24.8 Å². The van der Waals surface area contributed by atoms with Crippen LogP contribution < -0.4 is 4.90 Å². The third-order valence-electron chi connectivity index (χ3n) is 5.85. The maximum atomic E-state index is 12.5. The second kappa shape index (κ2) is 10.4. The molecule has 2 heterocycles. The van der Waals surface area contributed by atoms with E-state index in [9.17, 15) is 9.59 Å². The lowest BCUT2D eigenvalue weighted by Crippen LogP contribution is -2.52. The van der Waals surface area contributed by atoms with Gasteiger partial charge in [-0.25, -0.2) is 0 Å².